The third-order valence-electron chi connectivity index (χ3n) is 26.3. The van der Waals surface area contributed by atoms with Gasteiger partial charge in [0.2, 0.25) is 29.1 Å². The average Bonchev–Trinajstić information content (AvgIpc) is 1.63. The Morgan fingerprint density at radius 3 is 1.05 bits per heavy atom. The van der Waals surface area contributed by atoms with E-state index in [1.807, 2.05) is 169 Å². The number of para-hydroxylation sites is 2. The first-order valence-electron chi connectivity index (χ1n) is 46.5. The zero-order valence-electron chi connectivity index (χ0n) is 84.6. The number of thiophene rings is 8. The van der Waals surface area contributed by atoms with Crippen molar-refractivity contribution in [2.45, 2.75) is 131 Å². The molecule has 0 saturated heterocycles. The van der Waals surface area contributed by atoms with Crippen LogP contribution < -0.4 is 48.6 Å². The van der Waals surface area contributed by atoms with Crippen LogP contribution in [0.25, 0.3) is 182 Å². The van der Waals surface area contributed by atoms with Gasteiger partial charge in [-0.05, 0) is 263 Å². The van der Waals surface area contributed by atoms with E-state index in [9.17, 15) is 0 Å². The summed E-state index contributed by atoms with van der Waals surface area (Å²) in [5.41, 5.74) is 64.4. The van der Waals surface area contributed by atoms with Crippen LogP contribution in [0.5, 0.6) is 17.2 Å². The molecular weight excluding hydrogens is 2090 g/mol. The summed E-state index contributed by atoms with van der Waals surface area (Å²) in [7, 11) is 3.22. The maximum Gasteiger partial charge on any atom is 0.270 e. The quantitative estimate of drug-likeness (QED) is 0.0523. The van der Waals surface area contributed by atoms with E-state index in [1.165, 1.54) is 79.1 Å². The monoisotopic (exact) mass is 2190 g/mol. The molecule has 20 aromatic heterocycles. The van der Waals surface area contributed by atoms with Gasteiger partial charge in [0.05, 0.1) is 79.3 Å². The standard InChI is InChI=1S/C19H16Cl2N4O2S.2C19H18N4O2S.C18H16N4OS.2C16H14N4OS2/c1-8-9(2)15-16(22)17(28-19(15)23-10(8)3)18-24-14(25-27-18)7-26-11-4-5-12(20)13(21)6-11;1-9-10(2)14-15(20)16(26-19(14)21-11(9)3)18-23-22-17(25-18)12-7-5-6-8-13(12)24-4;1-9-10(2)14-15(20)16(26-19(14)21-11(9)3)18-22-17(23-25-18)12-7-5-6-8-13(12)24-4;1-9-10(2)13-14(19)15(24-18(13)20-11(9)3)16-21-17(23-22-16)12-7-5-4-6-8-12;1-7-8(2)11-12(17)13(23-16(11)18-9(7)3)14-19-15(21-20-14)10-5-4-6-22-10;1-7-8(2)11-12(17)13(23-16(11)18-9(7)3)15-19-14(20-21-15)10-5-4-6-22-10/h4-6H,7,22H2,1-3H3;2*5-8H,20H2,1-4H3;4-8H,19H2,1-3H3;2*4-6H,17H2,1-3H3. The number of benzene rings is 4. The minimum atomic E-state index is 0.127. The molecule has 4 aromatic carbocycles. The van der Waals surface area contributed by atoms with Gasteiger partial charge in [0.25, 0.3) is 41.2 Å². The first-order chi connectivity index (χ1) is 72.0. The lowest BCUT2D eigenvalue weighted by Crippen LogP contribution is -1.97. The zero-order valence-corrected chi connectivity index (χ0v) is 92.7. The van der Waals surface area contributed by atoms with E-state index in [0.717, 1.165) is 202 Å². The number of ether oxygens (including phenoxy) is 3. The molecule has 0 unspecified atom stereocenters. The second-order valence-corrected chi connectivity index (χ2v) is 43.7. The Balaban J connectivity index is 0.000000113. The Kier molecular flexibility index (Phi) is 29.3. The number of hydrogen-bond acceptors (Lipinski definition) is 41. The number of methoxy groups -OCH3 is 2. The summed E-state index contributed by atoms with van der Waals surface area (Å²) in [6.45, 7) is 36.9. The van der Waals surface area contributed by atoms with Crippen molar-refractivity contribution in [2.75, 3.05) is 48.6 Å². The van der Waals surface area contributed by atoms with Crippen molar-refractivity contribution in [3.8, 4) is 137 Å². The fourth-order valence-electron chi connectivity index (χ4n) is 16.6. The van der Waals surface area contributed by atoms with E-state index in [4.69, 9.17) is 98.8 Å². The minimum Gasteiger partial charge on any atom is -0.496 e. The van der Waals surface area contributed by atoms with E-state index >= 15 is 0 Å². The molecule has 0 atom stereocenters. The smallest absolute Gasteiger partial charge is 0.270 e. The van der Waals surface area contributed by atoms with E-state index < -0.39 is 0 Å². The highest BCUT2D eigenvalue weighted by atomic mass is 35.5. The Bertz CT molecular complexity index is 8920. The van der Waals surface area contributed by atoms with Crippen molar-refractivity contribution in [2.24, 2.45) is 0 Å². The molecule has 33 nitrogen and oxygen atoms in total. The number of pyridine rings is 6. The lowest BCUT2D eigenvalue weighted by Gasteiger charge is -2.05. The van der Waals surface area contributed by atoms with E-state index in [0.29, 0.717) is 137 Å². The molecule has 0 aliphatic heterocycles. The summed E-state index contributed by atoms with van der Waals surface area (Å²) >= 11 is 23.9. The number of aromatic nitrogens is 18. The highest BCUT2D eigenvalue weighted by molar-refractivity contribution is 7.24. The van der Waals surface area contributed by atoms with Crippen molar-refractivity contribution in [1.29, 1.82) is 0 Å². The molecule has 0 aliphatic carbocycles. The van der Waals surface area contributed by atoms with Gasteiger partial charge in [-0.2, -0.15) is 24.9 Å². The molecule has 24 aromatic rings. The van der Waals surface area contributed by atoms with Crippen molar-refractivity contribution < 1.29 is 41.2 Å². The summed E-state index contributed by atoms with van der Waals surface area (Å²) < 4.78 is 49.4. The van der Waals surface area contributed by atoms with Crippen molar-refractivity contribution >= 4 is 209 Å². The van der Waals surface area contributed by atoms with Crippen LogP contribution in [0, 0.1) is 125 Å². The van der Waals surface area contributed by atoms with Crippen LogP contribution >= 0.6 is 114 Å². The van der Waals surface area contributed by atoms with Crippen molar-refractivity contribution in [3.05, 3.63) is 249 Å². The van der Waals surface area contributed by atoms with Crippen LogP contribution in [0.4, 0.5) is 34.1 Å². The summed E-state index contributed by atoms with van der Waals surface area (Å²) in [4.78, 5) is 62.3. The molecule has 0 spiro atoms. The molecule has 0 radical (unpaired) electrons. The molecule has 0 bridgehead atoms. The normalized spacial score (nSPS) is 11.3. The van der Waals surface area contributed by atoms with Crippen LogP contribution in [0.1, 0.15) is 107 Å². The fourth-order valence-corrected chi connectivity index (χ4v) is 25.0. The third-order valence-corrected chi connectivity index (χ3v) is 35.3. The minimum absolute atomic E-state index is 0.127. The first-order valence-corrected chi connectivity index (χ1v) is 53.9. The van der Waals surface area contributed by atoms with Crippen LogP contribution in [0.2, 0.25) is 10.0 Å². The number of nitrogens with two attached hydrogens (primary N) is 6. The second-order valence-electron chi connectivity index (χ2n) is 35.0. The largest absolute Gasteiger partial charge is 0.496 e. The Morgan fingerprint density at radius 1 is 0.287 bits per heavy atom. The number of nitrogens with zero attached hydrogens (tertiary/aromatic N) is 18. The maximum atomic E-state index is 6.41. The predicted octanol–water partition coefficient (Wildman–Crippen LogP) is 28.5. The molecule has 0 aliphatic rings. The highest BCUT2D eigenvalue weighted by Crippen LogP contribution is 2.51. The Labute approximate surface area is 900 Å². The molecule has 0 fully saturated rings. The molecule has 24 rings (SSSR count). The molecule has 20 heterocycles. The maximum absolute atomic E-state index is 6.41. The summed E-state index contributed by atoms with van der Waals surface area (Å²) in [5, 5.41) is 39.4. The first kappa shape index (κ1) is 103. The Morgan fingerprint density at radius 2 is 0.620 bits per heavy atom. The summed E-state index contributed by atoms with van der Waals surface area (Å²) in [5.74, 6) is 7.37. The number of hydrogen-bond donors (Lipinski definition) is 6. The number of anilines is 6. The van der Waals surface area contributed by atoms with Gasteiger partial charge < -0.3 is 75.6 Å². The van der Waals surface area contributed by atoms with Gasteiger partial charge in [-0.1, -0.05) is 104 Å². The Hall–Kier alpha value is -15.4. The van der Waals surface area contributed by atoms with Crippen LogP contribution in [-0.2, 0) is 6.61 Å². The number of aryl methyl sites for hydroxylation is 12. The van der Waals surface area contributed by atoms with Gasteiger partial charge in [-0.3, -0.25) is 0 Å². The number of rotatable bonds is 16. The van der Waals surface area contributed by atoms with Crippen molar-refractivity contribution in [1.82, 2.24) is 90.8 Å². The van der Waals surface area contributed by atoms with Gasteiger partial charge in [0.1, 0.15) is 75.5 Å². The fraction of sp³-hybridized carbons (Fsp3) is 0.196. The second kappa shape index (κ2) is 42.7. The predicted molar refractivity (Wildman–Crippen MR) is 606 cm³/mol. The lowest BCUT2D eigenvalue weighted by molar-refractivity contribution is 0.287. The third kappa shape index (κ3) is 19.8. The number of fused-ring (bicyclic) bond motifs is 6. The molecular formula is C107H96Cl2N24O9S8. The lowest BCUT2D eigenvalue weighted by atomic mass is 10.1. The van der Waals surface area contributed by atoms with Gasteiger partial charge >= 0.3 is 0 Å². The number of nitrogen functional groups attached to an aromatic ring is 6. The van der Waals surface area contributed by atoms with Crippen LogP contribution in [0.3, 0.4) is 0 Å². The molecule has 0 saturated carbocycles. The average molecular weight is 2190 g/mol. The zero-order chi connectivity index (χ0) is 106. The summed E-state index contributed by atoms with van der Waals surface area (Å²) in [6.07, 6.45) is 0. The van der Waals surface area contributed by atoms with Crippen LogP contribution in [0.15, 0.2) is 159 Å². The van der Waals surface area contributed by atoms with E-state index in [-0.39, 0.29) is 6.61 Å². The molecule has 12 N–H and O–H groups in total. The van der Waals surface area contributed by atoms with Gasteiger partial charge in [-0.25, -0.2) is 29.9 Å². The van der Waals surface area contributed by atoms with Crippen molar-refractivity contribution in [3.63, 3.8) is 0 Å². The topological polar surface area (TPSA) is 495 Å². The summed E-state index contributed by atoms with van der Waals surface area (Å²) in [6, 6.07) is 37.6. The van der Waals surface area contributed by atoms with E-state index in [2.05, 4.69) is 160 Å². The van der Waals surface area contributed by atoms with Gasteiger partial charge in [0, 0.05) is 78.1 Å². The van der Waals surface area contributed by atoms with Gasteiger partial charge in [0.15, 0.2) is 6.61 Å². The SMILES string of the molecule is COc1ccccc1-c1nnc(-c2sc3nc(C)c(C)c(C)c3c2N)o1.COc1ccccc1-c1noc(-c2sc3nc(C)c(C)c(C)c3c2N)n1.Cc1nc2sc(-c3nc(-c4cccs4)no3)c(N)c2c(C)c1C.Cc1nc2sc(-c3nc(COc4ccc(Cl)c(Cl)c4)no3)c(N)c2c(C)c1C.Cc1nc2sc(-c3noc(-c4ccccc4)n3)c(N)c2c(C)c1C.Cc1nc2sc(-c3noc(-c4cccs4)n3)c(N)c2c(C)c1C. The van der Waals surface area contributed by atoms with Gasteiger partial charge in [-0.15, -0.1) is 101 Å². The molecule has 760 valence electrons. The molecule has 0 amide bonds. The molecule has 43 heteroatoms. The van der Waals surface area contributed by atoms with Crippen LogP contribution in [-0.4, -0.2) is 105 Å². The highest BCUT2D eigenvalue weighted by Gasteiger charge is 2.31. The number of halogens is 2. The van der Waals surface area contributed by atoms with E-state index in [1.54, 1.807) is 55.1 Å². The molecule has 150 heavy (non-hydrogen) atoms.